The van der Waals surface area contributed by atoms with Gasteiger partial charge in [0.05, 0.1) is 12.8 Å². The second-order valence-electron chi connectivity index (χ2n) is 8.12. The Morgan fingerprint density at radius 3 is 2.47 bits per heavy atom. The van der Waals surface area contributed by atoms with E-state index in [1.165, 1.54) is 5.56 Å². The topological polar surface area (TPSA) is 67.3 Å². The van der Waals surface area contributed by atoms with Crippen LogP contribution in [0.5, 0.6) is 5.75 Å². The number of ether oxygens (including phenoxy) is 1. The Balaban J connectivity index is 1.24. The van der Waals surface area contributed by atoms with Gasteiger partial charge in [0, 0.05) is 31.1 Å². The molecule has 0 atom stereocenters. The molecule has 6 heteroatoms. The Kier molecular flexibility index (Phi) is 7.33. The van der Waals surface area contributed by atoms with Crippen LogP contribution >= 0.6 is 0 Å². The molecule has 0 aliphatic carbocycles. The molecule has 4 rings (SSSR count). The summed E-state index contributed by atoms with van der Waals surface area (Å²) in [5, 5.41) is 12.0. The Labute approximate surface area is 189 Å². The number of carbonyl (C=O) groups is 1. The third kappa shape index (κ3) is 5.44. The molecular weight excluding hydrogens is 400 g/mol. The zero-order valence-electron chi connectivity index (χ0n) is 18.5. The van der Waals surface area contributed by atoms with Crippen molar-refractivity contribution in [3.05, 3.63) is 72.3 Å². The fourth-order valence-electron chi connectivity index (χ4n) is 4.16. The first-order chi connectivity index (χ1) is 15.7. The minimum absolute atomic E-state index is 0.0730. The average molecular weight is 431 g/mol. The number of amides is 1. The van der Waals surface area contributed by atoms with Crippen LogP contribution in [-0.4, -0.2) is 42.8 Å². The summed E-state index contributed by atoms with van der Waals surface area (Å²) in [6.07, 6.45) is 3.62. The molecule has 1 fully saturated rings. The molecule has 1 aliphatic rings. The summed E-state index contributed by atoms with van der Waals surface area (Å²) in [5.41, 5.74) is 3.03. The van der Waals surface area contributed by atoms with Gasteiger partial charge in [0.15, 0.2) is 5.82 Å². The van der Waals surface area contributed by atoms with Gasteiger partial charge in [-0.05, 0) is 55.5 Å². The van der Waals surface area contributed by atoms with Gasteiger partial charge in [0.1, 0.15) is 5.75 Å². The largest absolute Gasteiger partial charge is 0.496 e. The van der Waals surface area contributed by atoms with E-state index in [-0.39, 0.29) is 11.8 Å². The van der Waals surface area contributed by atoms with E-state index in [2.05, 4.69) is 44.7 Å². The molecule has 0 saturated carbocycles. The van der Waals surface area contributed by atoms with Gasteiger partial charge >= 0.3 is 0 Å². The van der Waals surface area contributed by atoms with Crippen LogP contribution in [0.2, 0.25) is 0 Å². The maximum absolute atomic E-state index is 12.5. The summed E-state index contributed by atoms with van der Waals surface area (Å²) in [6.45, 7) is 2.35. The molecule has 0 bridgehead atoms. The maximum Gasteiger partial charge on any atom is 0.223 e. The monoisotopic (exact) mass is 430 g/mol. The van der Waals surface area contributed by atoms with E-state index in [4.69, 9.17) is 4.74 Å². The molecule has 2 aromatic carbocycles. The van der Waals surface area contributed by atoms with Gasteiger partial charge in [-0.15, -0.1) is 10.2 Å². The molecule has 32 heavy (non-hydrogen) atoms. The van der Waals surface area contributed by atoms with Crippen molar-refractivity contribution >= 4 is 11.7 Å². The first-order valence-electron chi connectivity index (χ1n) is 11.3. The first-order valence-corrected chi connectivity index (χ1v) is 11.3. The molecule has 6 nitrogen and oxygen atoms in total. The Morgan fingerprint density at radius 2 is 1.75 bits per heavy atom. The predicted molar refractivity (Wildman–Crippen MR) is 127 cm³/mol. The van der Waals surface area contributed by atoms with Gasteiger partial charge in [-0.25, -0.2) is 0 Å². The van der Waals surface area contributed by atoms with Crippen molar-refractivity contribution in [2.75, 3.05) is 31.6 Å². The van der Waals surface area contributed by atoms with Gasteiger partial charge < -0.3 is 15.0 Å². The molecule has 0 spiro atoms. The number of para-hydroxylation sites is 1. The number of nitrogens with zero attached hydrogens (tertiary/aromatic N) is 3. The highest BCUT2D eigenvalue weighted by atomic mass is 16.5. The molecule has 166 valence electrons. The lowest BCUT2D eigenvalue weighted by atomic mass is 9.96. The van der Waals surface area contributed by atoms with Crippen molar-refractivity contribution in [1.29, 1.82) is 0 Å². The first kappa shape index (κ1) is 21.8. The van der Waals surface area contributed by atoms with Crippen LogP contribution in [0.4, 0.5) is 5.82 Å². The second-order valence-corrected chi connectivity index (χ2v) is 8.12. The number of aromatic nitrogens is 2. The third-order valence-corrected chi connectivity index (χ3v) is 6.01. The molecule has 1 aromatic heterocycles. The van der Waals surface area contributed by atoms with Crippen LogP contribution < -0.4 is 15.0 Å². The standard InChI is InChI=1S/C26H30N4O2/c1-32-24-12-6-5-11-22(24)23-13-14-25(29-28-23)30-18-15-21(16-19-30)26(31)27-17-7-10-20-8-3-2-4-9-20/h2-6,8-9,11-14,21H,7,10,15-19H2,1H3,(H,27,31). The van der Waals surface area contributed by atoms with E-state index < -0.39 is 0 Å². The number of rotatable bonds is 8. The van der Waals surface area contributed by atoms with E-state index in [1.54, 1.807) is 7.11 Å². The van der Waals surface area contributed by atoms with Crippen LogP contribution in [0.3, 0.4) is 0 Å². The number of aryl methyl sites for hydroxylation is 1. The number of piperidine rings is 1. The highest BCUT2D eigenvalue weighted by Crippen LogP contribution is 2.29. The molecule has 3 aromatic rings. The summed E-state index contributed by atoms with van der Waals surface area (Å²) in [7, 11) is 1.66. The smallest absolute Gasteiger partial charge is 0.223 e. The molecular formula is C26H30N4O2. The molecule has 1 N–H and O–H groups in total. The lowest BCUT2D eigenvalue weighted by molar-refractivity contribution is -0.125. The summed E-state index contributed by atoms with van der Waals surface area (Å²) < 4.78 is 5.42. The SMILES string of the molecule is COc1ccccc1-c1ccc(N2CCC(C(=O)NCCCc3ccccc3)CC2)nn1. The number of methoxy groups -OCH3 is 1. The Bertz CT molecular complexity index is 1000. The Hall–Kier alpha value is -3.41. The number of benzene rings is 2. The molecule has 0 unspecified atom stereocenters. The summed E-state index contributed by atoms with van der Waals surface area (Å²) in [6, 6.07) is 22.2. The lowest BCUT2D eigenvalue weighted by Crippen LogP contribution is -2.41. The van der Waals surface area contributed by atoms with Crippen LogP contribution in [0.1, 0.15) is 24.8 Å². The van der Waals surface area contributed by atoms with E-state index >= 15 is 0 Å². The summed E-state index contributed by atoms with van der Waals surface area (Å²) >= 11 is 0. The fraction of sp³-hybridized carbons (Fsp3) is 0.346. The number of nitrogens with one attached hydrogen (secondary N) is 1. The zero-order chi connectivity index (χ0) is 22.2. The summed E-state index contributed by atoms with van der Waals surface area (Å²) in [5.74, 6) is 1.88. The highest BCUT2D eigenvalue weighted by Gasteiger charge is 2.25. The minimum Gasteiger partial charge on any atom is -0.496 e. The van der Waals surface area contributed by atoms with Crippen molar-refractivity contribution in [2.24, 2.45) is 5.92 Å². The van der Waals surface area contributed by atoms with Crippen LogP contribution in [0, 0.1) is 5.92 Å². The van der Waals surface area contributed by atoms with Crippen LogP contribution in [0.25, 0.3) is 11.3 Å². The van der Waals surface area contributed by atoms with Crippen LogP contribution in [0.15, 0.2) is 66.7 Å². The normalized spacial score (nSPS) is 14.2. The van der Waals surface area contributed by atoms with Crippen molar-refractivity contribution in [3.63, 3.8) is 0 Å². The third-order valence-electron chi connectivity index (χ3n) is 6.01. The fourth-order valence-corrected chi connectivity index (χ4v) is 4.16. The van der Waals surface area contributed by atoms with Crippen molar-refractivity contribution < 1.29 is 9.53 Å². The van der Waals surface area contributed by atoms with E-state index in [9.17, 15) is 4.79 Å². The number of hydrogen-bond acceptors (Lipinski definition) is 5. The van der Waals surface area contributed by atoms with Gasteiger partial charge in [-0.1, -0.05) is 42.5 Å². The van der Waals surface area contributed by atoms with Crippen molar-refractivity contribution in [3.8, 4) is 17.0 Å². The molecule has 1 amide bonds. The van der Waals surface area contributed by atoms with Crippen molar-refractivity contribution in [1.82, 2.24) is 15.5 Å². The zero-order valence-corrected chi connectivity index (χ0v) is 18.5. The Morgan fingerprint density at radius 1 is 1.00 bits per heavy atom. The van der Waals surface area contributed by atoms with Crippen molar-refractivity contribution in [2.45, 2.75) is 25.7 Å². The number of carbonyl (C=O) groups excluding carboxylic acids is 1. The number of anilines is 1. The minimum atomic E-state index is 0.0730. The van der Waals surface area contributed by atoms with Gasteiger partial charge in [0.2, 0.25) is 5.91 Å². The lowest BCUT2D eigenvalue weighted by Gasteiger charge is -2.31. The molecule has 1 saturated heterocycles. The quantitative estimate of drug-likeness (QED) is 0.545. The molecule has 0 radical (unpaired) electrons. The second kappa shape index (κ2) is 10.8. The van der Waals surface area contributed by atoms with E-state index in [0.717, 1.165) is 68.1 Å². The van der Waals surface area contributed by atoms with Crippen LogP contribution in [-0.2, 0) is 11.2 Å². The average Bonchev–Trinajstić information content (AvgIpc) is 2.87. The number of hydrogen-bond donors (Lipinski definition) is 1. The van der Waals surface area contributed by atoms with Gasteiger partial charge in [0.25, 0.3) is 0 Å². The predicted octanol–water partition coefficient (Wildman–Crippen LogP) is 4.12. The maximum atomic E-state index is 12.5. The molecule has 2 heterocycles. The van der Waals surface area contributed by atoms with Gasteiger partial charge in [-0.3, -0.25) is 4.79 Å². The van der Waals surface area contributed by atoms with E-state index in [0.29, 0.717) is 0 Å². The van der Waals surface area contributed by atoms with Gasteiger partial charge in [-0.2, -0.15) is 0 Å². The van der Waals surface area contributed by atoms with E-state index in [1.807, 2.05) is 42.5 Å². The molecule has 1 aliphatic heterocycles. The summed E-state index contributed by atoms with van der Waals surface area (Å²) in [4.78, 5) is 14.8. The highest BCUT2D eigenvalue weighted by molar-refractivity contribution is 5.79.